The minimum absolute atomic E-state index is 0.00988. The van der Waals surface area contributed by atoms with Gasteiger partial charge in [-0.25, -0.2) is 0 Å². The summed E-state index contributed by atoms with van der Waals surface area (Å²) in [5, 5.41) is 7.34. The highest BCUT2D eigenvalue weighted by Crippen LogP contribution is 2.31. The van der Waals surface area contributed by atoms with Crippen molar-refractivity contribution in [1.29, 1.82) is 0 Å². The predicted molar refractivity (Wildman–Crippen MR) is 150 cm³/mol. The van der Waals surface area contributed by atoms with Crippen molar-refractivity contribution in [2.75, 3.05) is 31.5 Å². The summed E-state index contributed by atoms with van der Waals surface area (Å²) in [5.41, 5.74) is 1.68. The molecule has 0 spiro atoms. The molecule has 0 aliphatic carbocycles. The number of para-hydroxylation sites is 1. The minimum Gasteiger partial charge on any atom is -0.338 e. The SMILES string of the molecule is O=C(Nc1ccccc1)C1CCCN(C2CCN(C(=O)c3c4ccccc4cc4ccccc34)CC2)C1. The Labute approximate surface area is 218 Å². The van der Waals surface area contributed by atoms with E-state index >= 15 is 0 Å². The molecule has 2 saturated heterocycles. The van der Waals surface area contributed by atoms with E-state index in [0.717, 1.165) is 84.7 Å². The van der Waals surface area contributed by atoms with Crippen LogP contribution in [-0.2, 0) is 4.79 Å². The molecule has 2 heterocycles. The van der Waals surface area contributed by atoms with Crippen LogP contribution >= 0.6 is 0 Å². The van der Waals surface area contributed by atoms with Gasteiger partial charge >= 0.3 is 0 Å². The van der Waals surface area contributed by atoms with E-state index < -0.39 is 0 Å². The Morgan fingerprint density at radius 2 is 1.35 bits per heavy atom. The molecule has 0 aromatic heterocycles. The fraction of sp³-hybridized carbons (Fsp3) is 0.312. The number of fused-ring (bicyclic) bond motifs is 2. The number of carbonyl (C=O) groups excluding carboxylic acids is 2. The summed E-state index contributed by atoms with van der Waals surface area (Å²) in [6, 6.07) is 28.7. The Morgan fingerprint density at radius 3 is 2.03 bits per heavy atom. The molecule has 4 aromatic rings. The first-order valence-electron chi connectivity index (χ1n) is 13.5. The monoisotopic (exact) mass is 491 g/mol. The summed E-state index contributed by atoms with van der Waals surface area (Å²) < 4.78 is 0. The third kappa shape index (κ3) is 4.84. The zero-order valence-corrected chi connectivity index (χ0v) is 21.1. The van der Waals surface area contributed by atoms with Crippen LogP contribution < -0.4 is 5.32 Å². The van der Waals surface area contributed by atoms with Crippen LogP contribution in [0.2, 0.25) is 0 Å². The first kappa shape index (κ1) is 23.7. The van der Waals surface area contributed by atoms with Crippen LogP contribution in [0.5, 0.6) is 0 Å². The number of piperidine rings is 2. The average Bonchev–Trinajstić information content (AvgIpc) is 2.96. The number of nitrogens with one attached hydrogen (secondary N) is 1. The smallest absolute Gasteiger partial charge is 0.255 e. The largest absolute Gasteiger partial charge is 0.338 e. The van der Waals surface area contributed by atoms with Crippen LogP contribution in [0.1, 0.15) is 36.0 Å². The molecule has 2 aliphatic heterocycles. The van der Waals surface area contributed by atoms with Gasteiger partial charge in [0.2, 0.25) is 5.91 Å². The van der Waals surface area contributed by atoms with E-state index in [1.165, 1.54) is 0 Å². The molecule has 2 aliphatic rings. The molecular weight excluding hydrogens is 458 g/mol. The van der Waals surface area contributed by atoms with Gasteiger partial charge in [-0.05, 0) is 72.0 Å². The first-order chi connectivity index (χ1) is 18.2. The molecule has 0 saturated carbocycles. The molecule has 0 bridgehead atoms. The number of carbonyl (C=O) groups is 2. The molecule has 5 nitrogen and oxygen atoms in total. The van der Waals surface area contributed by atoms with Gasteiger partial charge in [-0.15, -0.1) is 0 Å². The zero-order valence-electron chi connectivity index (χ0n) is 21.1. The van der Waals surface area contributed by atoms with E-state index in [1.54, 1.807) is 0 Å². The number of hydrogen-bond acceptors (Lipinski definition) is 3. The zero-order chi connectivity index (χ0) is 25.2. The molecule has 2 amide bonds. The highest BCUT2D eigenvalue weighted by atomic mass is 16.2. The summed E-state index contributed by atoms with van der Waals surface area (Å²) in [6.45, 7) is 3.32. The minimum atomic E-state index is 0.00988. The number of rotatable bonds is 4. The number of likely N-dealkylation sites (tertiary alicyclic amines) is 2. The third-order valence-electron chi connectivity index (χ3n) is 8.12. The highest BCUT2D eigenvalue weighted by Gasteiger charge is 2.33. The second kappa shape index (κ2) is 10.3. The number of benzene rings is 4. The molecule has 1 unspecified atom stereocenters. The van der Waals surface area contributed by atoms with E-state index in [0.29, 0.717) is 6.04 Å². The van der Waals surface area contributed by atoms with Crippen molar-refractivity contribution in [2.45, 2.75) is 31.7 Å². The van der Waals surface area contributed by atoms with Gasteiger partial charge in [0.05, 0.1) is 11.5 Å². The Bertz CT molecular complexity index is 1370. The third-order valence-corrected chi connectivity index (χ3v) is 8.12. The molecule has 1 atom stereocenters. The average molecular weight is 492 g/mol. The second-order valence-corrected chi connectivity index (χ2v) is 10.4. The lowest BCUT2D eigenvalue weighted by Gasteiger charge is -2.42. The van der Waals surface area contributed by atoms with Crippen molar-refractivity contribution in [3.05, 3.63) is 90.5 Å². The van der Waals surface area contributed by atoms with E-state index in [9.17, 15) is 9.59 Å². The summed E-state index contributed by atoms with van der Waals surface area (Å²) in [5.74, 6) is 0.257. The van der Waals surface area contributed by atoms with Gasteiger partial charge in [-0.2, -0.15) is 0 Å². The highest BCUT2D eigenvalue weighted by molar-refractivity contribution is 6.18. The van der Waals surface area contributed by atoms with E-state index in [4.69, 9.17) is 0 Å². The summed E-state index contributed by atoms with van der Waals surface area (Å²) in [6.07, 6.45) is 3.86. The van der Waals surface area contributed by atoms with Gasteiger partial charge in [0.25, 0.3) is 5.91 Å². The van der Waals surface area contributed by atoms with Crippen LogP contribution in [0.4, 0.5) is 5.69 Å². The van der Waals surface area contributed by atoms with E-state index in [1.807, 2.05) is 59.5 Å². The maximum Gasteiger partial charge on any atom is 0.255 e. The molecule has 37 heavy (non-hydrogen) atoms. The number of amides is 2. The Balaban J connectivity index is 1.14. The Hall–Kier alpha value is -3.70. The molecular formula is C32H33N3O2. The number of nitrogens with zero attached hydrogens (tertiary/aromatic N) is 2. The first-order valence-corrected chi connectivity index (χ1v) is 13.5. The van der Waals surface area contributed by atoms with Crippen molar-refractivity contribution in [1.82, 2.24) is 9.80 Å². The summed E-state index contributed by atoms with van der Waals surface area (Å²) in [4.78, 5) is 31.3. The van der Waals surface area contributed by atoms with Gasteiger partial charge in [0.15, 0.2) is 0 Å². The number of hydrogen-bond donors (Lipinski definition) is 1. The predicted octanol–water partition coefficient (Wildman–Crippen LogP) is 5.95. The van der Waals surface area contributed by atoms with Gasteiger partial charge < -0.3 is 10.2 Å². The molecule has 0 radical (unpaired) electrons. The fourth-order valence-electron chi connectivity index (χ4n) is 6.15. The van der Waals surface area contributed by atoms with E-state index in [2.05, 4.69) is 40.5 Å². The standard InChI is InChI=1S/C32H33N3O2/c36-31(33-26-12-2-1-3-13-26)25-11-8-18-35(22-25)27-16-19-34(20-17-27)32(37)30-28-14-6-4-9-23(28)21-24-10-5-7-15-29(24)30/h1-7,9-10,12-15,21,25,27H,8,11,16-20,22H2,(H,33,36). The summed E-state index contributed by atoms with van der Waals surface area (Å²) >= 11 is 0. The fourth-order valence-corrected chi connectivity index (χ4v) is 6.15. The lowest BCUT2D eigenvalue weighted by molar-refractivity contribution is -0.122. The maximum absolute atomic E-state index is 13.9. The number of anilines is 1. The van der Waals surface area contributed by atoms with Gasteiger partial charge in [0, 0.05) is 31.4 Å². The second-order valence-electron chi connectivity index (χ2n) is 10.4. The molecule has 1 N–H and O–H groups in total. The van der Waals surface area contributed by atoms with Crippen molar-refractivity contribution in [2.24, 2.45) is 5.92 Å². The van der Waals surface area contributed by atoms with Gasteiger partial charge in [-0.3, -0.25) is 14.5 Å². The van der Waals surface area contributed by atoms with Gasteiger partial charge in [-0.1, -0.05) is 66.7 Å². The molecule has 2 fully saturated rings. The lowest BCUT2D eigenvalue weighted by atomic mass is 9.92. The van der Waals surface area contributed by atoms with Crippen molar-refractivity contribution in [3.63, 3.8) is 0 Å². The van der Waals surface area contributed by atoms with Crippen LogP contribution in [0.3, 0.4) is 0 Å². The van der Waals surface area contributed by atoms with Crippen LogP contribution in [0, 0.1) is 5.92 Å². The van der Waals surface area contributed by atoms with Crippen LogP contribution in [0.15, 0.2) is 84.9 Å². The van der Waals surface area contributed by atoms with Crippen LogP contribution in [-0.4, -0.2) is 53.8 Å². The quantitative estimate of drug-likeness (QED) is 0.359. The Morgan fingerprint density at radius 1 is 0.730 bits per heavy atom. The van der Waals surface area contributed by atoms with Crippen molar-refractivity contribution in [3.8, 4) is 0 Å². The van der Waals surface area contributed by atoms with Crippen molar-refractivity contribution < 1.29 is 9.59 Å². The van der Waals surface area contributed by atoms with Crippen molar-refractivity contribution >= 4 is 39.0 Å². The Kier molecular flexibility index (Phi) is 6.62. The molecule has 5 heteroatoms. The normalized spacial score (nSPS) is 19.2. The van der Waals surface area contributed by atoms with Gasteiger partial charge in [0.1, 0.15) is 0 Å². The topological polar surface area (TPSA) is 52.7 Å². The maximum atomic E-state index is 13.9. The molecule has 6 rings (SSSR count). The molecule has 4 aromatic carbocycles. The van der Waals surface area contributed by atoms with Crippen LogP contribution in [0.25, 0.3) is 21.5 Å². The lowest BCUT2D eigenvalue weighted by Crippen LogP contribution is -2.51. The molecule has 188 valence electrons. The van der Waals surface area contributed by atoms with E-state index in [-0.39, 0.29) is 17.7 Å². The summed E-state index contributed by atoms with van der Waals surface area (Å²) in [7, 11) is 0.